The van der Waals surface area contributed by atoms with Crippen LogP contribution in [0, 0.1) is 5.41 Å². The second-order valence-corrected chi connectivity index (χ2v) is 9.70. The zero-order valence-electron chi connectivity index (χ0n) is 20.8. The first kappa shape index (κ1) is 24.8. The Hall–Kier alpha value is -4.33. The van der Waals surface area contributed by atoms with Gasteiger partial charge in [0.2, 0.25) is 5.78 Å². The van der Waals surface area contributed by atoms with Gasteiger partial charge >= 0.3 is 6.09 Å². The number of amides is 1. The van der Waals surface area contributed by atoms with Gasteiger partial charge in [0.25, 0.3) is 0 Å². The van der Waals surface area contributed by atoms with Gasteiger partial charge in [0, 0.05) is 34.5 Å². The minimum Gasteiger partial charge on any atom is -0.444 e. The second kappa shape index (κ2) is 10.1. The van der Waals surface area contributed by atoms with Crippen molar-refractivity contribution in [3.63, 3.8) is 0 Å². The highest BCUT2D eigenvalue weighted by Gasteiger charge is 2.20. The van der Waals surface area contributed by atoms with Gasteiger partial charge in [-0.3, -0.25) is 9.78 Å². The molecule has 0 saturated heterocycles. The summed E-state index contributed by atoms with van der Waals surface area (Å²) < 4.78 is 5.22. The zero-order chi connectivity index (χ0) is 25.9. The summed E-state index contributed by atoms with van der Waals surface area (Å²) in [7, 11) is 0. The number of carbonyl (C=O) groups excluding carboxylic acids is 2. The monoisotopic (exact) mass is 483 g/mol. The van der Waals surface area contributed by atoms with Crippen molar-refractivity contribution in [2.24, 2.45) is 0 Å². The number of rotatable bonds is 7. The topological polar surface area (TPSA) is 121 Å². The van der Waals surface area contributed by atoms with E-state index >= 15 is 0 Å². The Morgan fingerprint density at radius 1 is 1.06 bits per heavy atom. The summed E-state index contributed by atoms with van der Waals surface area (Å²) in [5, 5.41) is 12.0. The van der Waals surface area contributed by atoms with E-state index in [0.29, 0.717) is 11.3 Å². The first-order valence-electron chi connectivity index (χ1n) is 11.7. The largest absolute Gasteiger partial charge is 0.444 e. The van der Waals surface area contributed by atoms with E-state index in [4.69, 9.17) is 15.1 Å². The molecule has 1 unspecified atom stereocenters. The number of alkyl carbamates (subject to hydrolysis) is 1. The number of aromatic amines is 1. The van der Waals surface area contributed by atoms with E-state index in [1.54, 1.807) is 64.4 Å². The molecule has 0 spiro atoms. The van der Waals surface area contributed by atoms with E-state index in [-0.39, 0.29) is 12.1 Å². The Balaban J connectivity index is 1.42. The highest BCUT2D eigenvalue weighted by Crippen LogP contribution is 2.25. The molecular formula is C28H29N5O3. The molecule has 3 N–H and O–H groups in total. The number of hydrogen-bond donors (Lipinski definition) is 3. The fraction of sp³-hybridized carbons (Fsp3) is 0.250. The van der Waals surface area contributed by atoms with Crippen molar-refractivity contribution in [3.05, 3.63) is 72.6 Å². The molecule has 2 aromatic heterocycles. The second-order valence-electron chi connectivity index (χ2n) is 9.70. The Kier molecular flexibility index (Phi) is 6.96. The number of hydrogen-bond acceptors (Lipinski definition) is 6. The number of H-pyrrole nitrogens is 1. The lowest BCUT2D eigenvalue weighted by atomic mass is 10.00. The molecule has 4 rings (SSSR count). The normalized spacial score (nSPS) is 12.2. The predicted molar refractivity (Wildman–Crippen MR) is 140 cm³/mol. The number of ether oxygens (including phenoxy) is 1. The number of aromatic nitrogens is 3. The van der Waals surface area contributed by atoms with Crippen LogP contribution in [0.15, 0.2) is 67.0 Å². The molecule has 184 valence electrons. The van der Waals surface area contributed by atoms with Crippen molar-refractivity contribution in [2.45, 2.75) is 45.8 Å². The van der Waals surface area contributed by atoms with Gasteiger partial charge < -0.3 is 20.4 Å². The average molecular weight is 484 g/mol. The molecule has 8 nitrogen and oxygen atoms in total. The molecule has 1 amide bonds. The van der Waals surface area contributed by atoms with E-state index in [9.17, 15) is 9.59 Å². The van der Waals surface area contributed by atoms with Gasteiger partial charge in [0.05, 0.1) is 29.5 Å². The van der Waals surface area contributed by atoms with Gasteiger partial charge in [-0.25, -0.2) is 9.78 Å². The molecule has 0 aliphatic heterocycles. The van der Waals surface area contributed by atoms with Crippen molar-refractivity contribution < 1.29 is 14.3 Å². The van der Waals surface area contributed by atoms with Crippen molar-refractivity contribution in [1.29, 1.82) is 5.41 Å². The van der Waals surface area contributed by atoms with Crippen LogP contribution >= 0.6 is 0 Å². The SMILES string of the molecule is CC(CC(=N)C(=O)c1ccc(-c2cncc(-c3cc4ccccc4[nH]3)n2)cc1)NC(=O)OC(C)(C)C. The third kappa shape index (κ3) is 6.02. The highest BCUT2D eigenvalue weighted by atomic mass is 16.6. The van der Waals surface area contributed by atoms with Gasteiger partial charge in [-0.05, 0) is 39.8 Å². The minimum absolute atomic E-state index is 0.0908. The van der Waals surface area contributed by atoms with Crippen molar-refractivity contribution in [2.75, 3.05) is 0 Å². The number of fused-ring (bicyclic) bond motifs is 1. The van der Waals surface area contributed by atoms with Crippen LogP contribution in [-0.4, -0.2) is 44.2 Å². The molecule has 0 saturated carbocycles. The molecule has 8 heteroatoms. The van der Waals surface area contributed by atoms with Crippen molar-refractivity contribution >= 4 is 28.5 Å². The molecule has 0 radical (unpaired) electrons. The number of nitrogens with zero attached hydrogens (tertiary/aromatic N) is 2. The number of benzene rings is 2. The van der Waals surface area contributed by atoms with Crippen LogP contribution in [0.5, 0.6) is 0 Å². The molecule has 2 heterocycles. The summed E-state index contributed by atoms with van der Waals surface area (Å²) in [6.45, 7) is 7.05. The van der Waals surface area contributed by atoms with Crippen LogP contribution < -0.4 is 5.32 Å². The van der Waals surface area contributed by atoms with Crippen molar-refractivity contribution in [3.8, 4) is 22.6 Å². The molecule has 0 fully saturated rings. The van der Waals surface area contributed by atoms with E-state index in [0.717, 1.165) is 27.9 Å². The van der Waals surface area contributed by atoms with Crippen LogP contribution in [0.25, 0.3) is 33.5 Å². The summed E-state index contributed by atoms with van der Waals surface area (Å²) in [6.07, 6.45) is 2.91. The van der Waals surface area contributed by atoms with Gasteiger partial charge in [-0.2, -0.15) is 0 Å². The standard InChI is InChI=1S/C28H29N5O3/c1-17(31-27(35)36-28(2,3)4)13-21(29)26(34)19-11-9-18(10-12-19)24-15-30-16-25(33-24)23-14-20-7-5-6-8-22(20)32-23/h5-12,14-17,29,32H,13H2,1-4H3,(H,31,35). The third-order valence-electron chi connectivity index (χ3n) is 5.43. The quantitative estimate of drug-likeness (QED) is 0.227. The molecular weight excluding hydrogens is 454 g/mol. The smallest absolute Gasteiger partial charge is 0.407 e. The van der Waals surface area contributed by atoms with Gasteiger partial charge in [-0.15, -0.1) is 0 Å². The molecule has 0 aliphatic rings. The lowest BCUT2D eigenvalue weighted by molar-refractivity contribution is 0.0509. The van der Waals surface area contributed by atoms with E-state index in [2.05, 4.69) is 15.3 Å². The molecule has 0 aliphatic carbocycles. The number of carbonyl (C=O) groups is 2. The first-order valence-corrected chi connectivity index (χ1v) is 11.7. The first-order chi connectivity index (χ1) is 17.1. The summed E-state index contributed by atoms with van der Waals surface area (Å²) in [5.74, 6) is -0.391. The lowest BCUT2D eigenvalue weighted by Gasteiger charge is -2.22. The predicted octanol–water partition coefficient (Wildman–Crippen LogP) is 5.80. The number of para-hydroxylation sites is 1. The zero-order valence-corrected chi connectivity index (χ0v) is 20.8. The van der Waals surface area contributed by atoms with E-state index in [1.165, 1.54) is 0 Å². The van der Waals surface area contributed by atoms with E-state index < -0.39 is 23.5 Å². The Morgan fingerprint density at radius 2 is 1.75 bits per heavy atom. The van der Waals surface area contributed by atoms with Crippen LogP contribution in [0.1, 0.15) is 44.5 Å². The molecule has 0 bridgehead atoms. The highest BCUT2D eigenvalue weighted by molar-refractivity contribution is 6.45. The maximum Gasteiger partial charge on any atom is 0.407 e. The molecule has 1 atom stereocenters. The minimum atomic E-state index is -0.617. The number of nitrogens with one attached hydrogen (secondary N) is 3. The Labute approximate surface area is 209 Å². The fourth-order valence-electron chi connectivity index (χ4n) is 3.77. The number of Topliss-reactive ketones (excluding diaryl/α,β-unsaturated/α-hetero) is 1. The van der Waals surface area contributed by atoms with Crippen LogP contribution in [0.4, 0.5) is 4.79 Å². The van der Waals surface area contributed by atoms with Crippen LogP contribution in [0.2, 0.25) is 0 Å². The average Bonchev–Trinajstić information content (AvgIpc) is 3.27. The summed E-state index contributed by atoms with van der Waals surface area (Å²) in [5.41, 5.74) is 3.80. The lowest BCUT2D eigenvalue weighted by Crippen LogP contribution is -2.39. The maximum absolute atomic E-state index is 12.8. The Morgan fingerprint density at radius 3 is 2.44 bits per heavy atom. The maximum atomic E-state index is 12.8. The van der Waals surface area contributed by atoms with Crippen LogP contribution in [-0.2, 0) is 4.74 Å². The van der Waals surface area contributed by atoms with Gasteiger partial charge in [-0.1, -0.05) is 42.5 Å². The molecule has 36 heavy (non-hydrogen) atoms. The van der Waals surface area contributed by atoms with E-state index in [1.807, 2.05) is 30.3 Å². The van der Waals surface area contributed by atoms with Crippen molar-refractivity contribution in [1.82, 2.24) is 20.3 Å². The third-order valence-corrected chi connectivity index (χ3v) is 5.43. The van der Waals surface area contributed by atoms with Crippen LogP contribution in [0.3, 0.4) is 0 Å². The Bertz CT molecular complexity index is 1380. The summed E-state index contributed by atoms with van der Waals surface area (Å²) in [6, 6.07) is 16.6. The summed E-state index contributed by atoms with van der Waals surface area (Å²) in [4.78, 5) is 37.1. The molecule has 2 aromatic carbocycles. The summed E-state index contributed by atoms with van der Waals surface area (Å²) >= 11 is 0. The van der Waals surface area contributed by atoms with Gasteiger partial charge in [0.15, 0.2) is 0 Å². The van der Waals surface area contributed by atoms with Gasteiger partial charge in [0.1, 0.15) is 11.3 Å². The molecule has 4 aromatic rings. The fourth-order valence-corrected chi connectivity index (χ4v) is 3.77. The number of ketones is 1.